The Morgan fingerprint density at radius 1 is 1.40 bits per heavy atom. The topological polar surface area (TPSA) is 52.6 Å². The summed E-state index contributed by atoms with van der Waals surface area (Å²) in [5, 5.41) is 12.7. The fourth-order valence-electron chi connectivity index (χ4n) is 2.52. The Morgan fingerprint density at radius 2 is 2.13 bits per heavy atom. The highest BCUT2D eigenvalue weighted by molar-refractivity contribution is 5.79. The zero-order valence-corrected chi connectivity index (χ0v) is 9.33. The van der Waals surface area contributed by atoms with Gasteiger partial charge in [-0.05, 0) is 38.6 Å². The summed E-state index contributed by atoms with van der Waals surface area (Å²) in [7, 11) is 0. The van der Waals surface area contributed by atoms with Gasteiger partial charge >= 0.3 is 5.97 Å². The van der Waals surface area contributed by atoms with Crippen molar-refractivity contribution in [2.24, 2.45) is 5.92 Å². The number of nitrogens with one attached hydrogen (secondary N) is 1. The second-order valence-corrected chi connectivity index (χ2v) is 4.82. The van der Waals surface area contributed by atoms with Gasteiger partial charge in [0.05, 0.1) is 0 Å². The van der Waals surface area contributed by atoms with Crippen LogP contribution in [0.3, 0.4) is 0 Å². The van der Waals surface area contributed by atoms with Gasteiger partial charge in [0, 0.05) is 19.6 Å². The average molecular weight is 212 g/mol. The van der Waals surface area contributed by atoms with Crippen LogP contribution >= 0.6 is 0 Å². The summed E-state index contributed by atoms with van der Waals surface area (Å²) in [5.41, 5.74) is -0.619. The molecule has 0 spiro atoms. The molecule has 1 heterocycles. The van der Waals surface area contributed by atoms with Gasteiger partial charge in [-0.15, -0.1) is 0 Å². The largest absolute Gasteiger partial charge is 0.480 e. The van der Waals surface area contributed by atoms with E-state index in [4.69, 9.17) is 0 Å². The Morgan fingerprint density at radius 3 is 2.73 bits per heavy atom. The molecular weight excluding hydrogens is 192 g/mol. The molecule has 2 fully saturated rings. The van der Waals surface area contributed by atoms with Gasteiger partial charge in [-0.2, -0.15) is 0 Å². The number of nitrogens with zero attached hydrogens (tertiary/aromatic N) is 1. The molecule has 0 bridgehead atoms. The molecule has 4 nitrogen and oxygen atoms in total. The number of aliphatic carboxylic acids is 1. The zero-order valence-electron chi connectivity index (χ0n) is 9.33. The molecule has 1 atom stereocenters. The third kappa shape index (κ3) is 2.01. The van der Waals surface area contributed by atoms with Gasteiger partial charge in [-0.3, -0.25) is 9.69 Å². The van der Waals surface area contributed by atoms with Crippen molar-refractivity contribution >= 4 is 5.97 Å². The molecular formula is C11H20N2O2. The van der Waals surface area contributed by atoms with E-state index in [2.05, 4.69) is 10.2 Å². The van der Waals surface area contributed by atoms with Crippen LogP contribution in [0.2, 0.25) is 0 Å². The van der Waals surface area contributed by atoms with E-state index in [9.17, 15) is 9.90 Å². The first kappa shape index (κ1) is 10.9. The standard InChI is InChI=1S/C11H20N2O2/c1-11(10(14)15,9-3-4-9)13-7-2-5-12-6-8-13/h9,12H,2-8H2,1H3,(H,14,15). The first-order valence-corrected chi connectivity index (χ1v) is 5.85. The lowest BCUT2D eigenvalue weighted by Gasteiger charge is -2.37. The average Bonchev–Trinajstić information content (AvgIpc) is 3.04. The lowest BCUT2D eigenvalue weighted by Crippen LogP contribution is -2.55. The van der Waals surface area contributed by atoms with Crippen LogP contribution in [0, 0.1) is 5.92 Å². The van der Waals surface area contributed by atoms with Crippen molar-refractivity contribution in [3.05, 3.63) is 0 Å². The molecule has 86 valence electrons. The lowest BCUT2D eigenvalue weighted by molar-refractivity contribution is -0.152. The molecule has 2 aliphatic rings. The van der Waals surface area contributed by atoms with Crippen LogP contribution in [0.15, 0.2) is 0 Å². The molecule has 1 unspecified atom stereocenters. The molecule has 0 aromatic heterocycles. The predicted molar refractivity (Wildman–Crippen MR) is 57.8 cm³/mol. The molecule has 0 radical (unpaired) electrons. The number of hydrogen-bond donors (Lipinski definition) is 2. The Bertz CT molecular complexity index is 245. The van der Waals surface area contributed by atoms with Crippen molar-refractivity contribution in [3.63, 3.8) is 0 Å². The fourth-order valence-corrected chi connectivity index (χ4v) is 2.52. The molecule has 0 aromatic rings. The van der Waals surface area contributed by atoms with Crippen LogP contribution in [0.5, 0.6) is 0 Å². The number of carboxylic acids is 1. The SMILES string of the molecule is CC(C(=O)O)(C1CC1)N1CCCNCC1. The summed E-state index contributed by atoms with van der Waals surface area (Å²) in [6.45, 7) is 5.59. The summed E-state index contributed by atoms with van der Waals surface area (Å²) in [6, 6.07) is 0. The van der Waals surface area contributed by atoms with E-state index >= 15 is 0 Å². The van der Waals surface area contributed by atoms with Crippen LogP contribution in [-0.4, -0.2) is 47.7 Å². The van der Waals surface area contributed by atoms with Gasteiger partial charge in [-0.1, -0.05) is 0 Å². The van der Waals surface area contributed by atoms with Gasteiger partial charge in [0.25, 0.3) is 0 Å². The van der Waals surface area contributed by atoms with Crippen LogP contribution in [0.4, 0.5) is 0 Å². The predicted octanol–water partition coefficient (Wildman–Crippen LogP) is 0.535. The highest BCUT2D eigenvalue weighted by Crippen LogP contribution is 2.43. The van der Waals surface area contributed by atoms with Crippen molar-refractivity contribution in [1.29, 1.82) is 0 Å². The van der Waals surface area contributed by atoms with E-state index in [1.807, 2.05) is 6.92 Å². The summed E-state index contributed by atoms with van der Waals surface area (Å²) in [5.74, 6) is -0.278. The van der Waals surface area contributed by atoms with Crippen LogP contribution in [-0.2, 0) is 4.79 Å². The minimum atomic E-state index is -0.646. The molecule has 15 heavy (non-hydrogen) atoms. The van der Waals surface area contributed by atoms with E-state index in [1.165, 1.54) is 0 Å². The zero-order chi connectivity index (χ0) is 10.9. The molecule has 1 saturated carbocycles. The van der Waals surface area contributed by atoms with E-state index in [1.54, 1.807) is 0 Å². The fraction of sp³-hybridized carbons (Fsp3) is 0.909. The van der Waals surface area contributed by atoms with Crippen LogP contribution < -0.4 is 5.32 Å². The molecule has 0 amide bonds. The minimum Gasteiger partial charge on any atom is -0.480 e. The summed E-state index contributed by atoms with van der Waals surface area (Å²) in [6.07, 6.45) is 3.20. The van der Waals surface area contributed by atoms with Gasteiger partial charge in [0.15, 0.2) is 0 Å². The van der Waals surface area contributed by atoms with E-state index in [0.717, 1.165) is 45.4 Å². The van der Waals surface area contributed by atoms with Gasteiger partial charge < -0.3 is 10.4 Å². The highest BCUT2D eigenvalue weighted by Gasteiger charge is 2.51. The highest BCUT2D eigenvalue weighted by atomic mass is 16.4. The first-order valence-electron chi connectivity index (χ1n) is 5.85. The number of carboxylic acid groups (broad SMARTS) is 1. The Kier molecular flexibility index (Phi) is 2.98. The second kappa shape index (κ2) is 4.10. The van der Waals surface area contributed by atoms with Crippen molar-refractivity contribution in [2.45, 2.75) is 31.7 Å². The number of carbonyl (C=O) groups is 1. The quantitative estimate of drug-likeness (QED) is 0.716. The second-order valence-electron chi connectivity index (χ2n) is 4.82. The minimum absolute atomic E-state index is 0.369. The summed E-state index contributed by atoms with van der Waals surface area (Å²) in [4.78, 5) is 13.6. The van der Waals surface area contributed by atoms with Crippen molar-refractivity contribution < 1.29 is 9.90 Å². The molecule has 2 rings (SSSR count). The Balaban J connectivity index is 2.11. The van der Waals surface area contributed by atoms with E-state index in [-0.39, 0.29) is 0 Å². The molecule has 1 saturated heterocycles. The normalized spacial score (nSPS) is 28.1. The van der Waals surface area contributed by atoms with Gasteiger partial charge in [-0.25, -0.2) is 0 Å². The Labute approximate surface area is 90.6 Å². The van der Waals surface area contributed by atoms with Crippen LogP contribution in [0.25, 0.3) is 0 Å². The summed E-state index contributed by atoms with van der Waals surface area (Å²) < 4.78 is 0. The first-order chi connectivity index (χ1) is 7.15. The van der Waals surface area contributed by atoms with Crippen LogP contribution in [0.1, 0.15) is 26.2 Å². The van der Waals surface area contributed by atoms with Crippen molar-refractivity contribution in [3.8, 4) is 0 Å². The third-order valence-corrected chi connectivity index (χ3v) is 3.80. The maximum atomic E-state index is 11.5. The number of rotatable bonds is 3. The monoisotopic (exact) mass is 212 g/mol. The van der Waals surface area contributed by atoms with E-state index < -0.39 is 11.5 Å². The Hall–Kier alpha value is -0.610. The molecule has 0 aromatic carbocycles. The summed E-state index contributed by atoms with van der Waals surface area (Å²) >= 11 is 0. The molecule has 1 aliphatic carbocycles. The van der Waals surface area contributed by atoms with E-state index in [0.29, 0.717) is 5.92 Å². The maximum absolute atomic E-state index is 11.5. The maximum Gasteiger partial charge on any atom is 0.324 e. The van der Waals surface area contributed by atoms with Gasteiger partial charge in [0.2, 0.25) is 0 Å². The molecule has 1 aliphatic heterocycles. The van der Waals surface area contributed by atoms with Crippen molar-refractivity contribution in [1.82, 2.24) is 10.2 Å². The van der Waals surface area contributed by atoms with Crippen molar-refractivity contribution in [2.75, 3.05) is 26.2 Å². The molecule has 2 N–H and O–H groups in total. The third-order valence-electron chi connectivity index (χ3n) is 3.80. The smallest absolute Gasteiger partial charge is 0.324 e. The lowest BCUT2D eigenvalue weighted by atomic mass is 9.93. The molecule has 4 heteroatoms. The van der Waals surface area contributed by atoms with Gasteiger partial charge in [0.1, 0.15) is 5.54 Å². The number of hydrogen-bond acceptors (Lipinski definition) is 3.